The molecule has 0 saturated carbocycles. The zero-order valence-electron chi connectivity index (χ0n) is 27.8. The molecule has 3 aromatic carbocycles. The van der Waals surface area contributed by atoms with Gasteiger partial charge in [0.15, 0.2) is 0 Å². The van der Waals surface area contributed by atoms with Crippen LogP contribution < -0.4 is 10.6 Å². The first-order chi connectivity index (χ1) is 24.4. The van der Waals surface area contributed by atoms with Crippen LogP contribution in [0.2, 0.25) is 0 Å². The monoisotopic (exact) mass is 672 g/mol. The normalized spacial score (nSPS) is 17.9. The smallest absolute Gasteiger partial charge is 0.405 e. The summed E-state index contributed by atoms with van der Waals surface area (Å²) in [5.74, 6) is 1.20. The third-order valence-corrected chi connectivity index (χ3v) is 9.57. The van der Waals surface area contributed by atoms with Crippen molar-refractivity contribution in [2.45, 2.75) is 50.7 Å². The Labute approximate surface area is 290 Å². The number of hydrogen-bond donors (Lipinski definition) is 5. The number of nitrogens with one attached hydrogen (secondary N) is 4. The standard InChI is InChI=1S/C38H40N8O4/c1-2-39-37(48)46-21-7-11-32(46)35-41-23-30(43-35)27-18-14-25(15-19-27)24-12-16-26(17-13-24)29-22-40-34(42-29)31-10-6-20-45(31)36(47)33(44-38(49)50)28-8-4-3-5-9-28/h3-5,8-9,12-19,22-23,31-33,44H,2,6-7,10-11,20-21H2,1H3,(H,39,48)(H,40,42)(H,41,43)(H,49,50)/t31-,32-,33+/m0/s1. The van der Waals surface area contributed by atoms with E-state index < -0.39 is 12.1 Å². The van der Waals surface area contributed by atoms with Crippen LogP contribution in [-0.4, -0.2) is 72.5 Å². The van der Waals surface area contributed by atoms with Crippen molar-refractivity contribution in [3.05, 3.63) is 108 Å². The molecular weight excluding hydrogens is 632 g/mol. The molecule has 7 rings (SSSR count). The van der Waals surface area contributed by atoms with Crippen LogP contribution in [0.1, 0.15) is 67.9 Å². The number of H-pyrrole nitrogens is 2. The average Bonchev–Trinajstić information content (AvgIpc) is 3.97. The lowest BCUT2D eigenvalue weighted by Crippen LogP contribution is -2.42. The van der Waals surface area contributed by atoms with E-state index in [0.717, 1.165) is 71.7 Å². The summed E-state index contributed by atoms with van der Waals surface area (Å²) >= 11 is 0. The van der Waals surface area contributed by atoms with Crippen LogP contribution in [0.15, 0.2) is 91.3 Å². The molecule has 0 spiro atoms. The molecule has 12 nitrogen and oxygen atoms in total. The number of carboxylic acid groups (broad SMARTS) is 1. The first-order valence-electron chi connectivity index (χ1n) is 17.1. The van der Waals surface area contributed by atoms with Gasteiger partial charge in [-0.2, -0.15) is 0 Å². The highest BCUT2D eigenvalue weighted by atomic mass is 16.4. The van der Waals surface area contributed by atoms with Gasteiger partial charge in [-0.1, -0.05) is 78.9 Å². The third kappa shape index (κ3) is 6.69. The molecule has 0 aliphatic carbocycles. The lowest BCUT2D eigenvalue weighted by atomic mass is 10.0. The second kappa shape index (κ2) is 14.3. The molecule has 2 fully saturated rings. The molecule has 5 aromatic rings. The highest BCUT2D eigenvalue weighted by molar-refractivity contribution is 5.87. The van der Waals surface area contributed by atoms with E-state index in [9.17, 15) is 19.5 Å². The molecule has 2 aliphatic heterocycles. The van der Waals surface area contributed by atoms with Gasteiger partial charge in [0.05, 0.1) is 35.9 Å². The second-order valence-electron chi connectivity index (χ2n) is 12.7. The van der Waals surface area contributed by atoms with Gasteiger partial charge in [-0.05, 0) is 60.4 Å². The summed E-state index contributed by atoms with van der Waals surface area (Å²) in [5.41, 5.74) is 6.48. The predicted molar refractivity (Wildman–Crippen MR) is 189 cm³/mol. The lowest BCUT2D eigenvalue weighted by molar-refractivity contribution is -0.134. The Bertz CT molecular complexity index is 1950. The zero-order valence-corrected chi connectivity index (χ0v) is 27.8. The van der Waals surface area contributed by atoms with Gasteiger partial charge in [-0.3, -0.25) is 4.79 Å². The van der Waals surface area contributed by atoms with Crippen molar-refractivity contribution in [3.63, 3.8) is 0 Å². The topological polar surface area (TPSA) is 159 Å². The maximum absolute atomic E-state index is 13.7. The van der Waals surface area contributed by atoms with Gasteiger partial charge < -0.3 is 35.5 Å². The van der Waals surface area contributed by atoms with Crippen LogP contribution in [0.5, 0.6) is 0 Å². The van der Waals surface area contributed by atoms with Gasteiger partial charge in [0.25, 0.3) is 5.91 Å². The minimum atomic E-state index is -1.25. The Morgan fingerprint density at radius 3 is 1.78 bits per heavy atom. The van der Waals surface area contributed by atoms with E-state index in [0.29, 0.717) is 24.5 Å². The number of urea groups is 1. The van der Waals surface area contributed by atoms with E-state index in [1.165, 1.54) is 0 Å². The fourth-order valence-electron chi connectivity index (χ4n) is 7.07. The van der Waals surface area contributed by atoms with Gasteiger partial charge in [-0.25, -0.2) is 19.6 Å². The summed E-state index contributed by atoms with van der Waals surface area (Å²) in [6.45, 7) is 3.77. The van der Waals surface area contributed by atoms with Crippen molar-refractivity contribution in [2.24, 2.45) is 0 Å². The number of nitrogens with zero attached hydrogens (tertiary/aromatic N) is 4. The zero-order chi connectivity index (χ0) is 34.6. The van der Waals surface area contributed by atoms with Crippen molar-refractivity contribution >= 4 is 18.0 Å². The molecule has 2 aromatic heterocycles. The van der Waals surface area contributed by atoms with Gasteiger partial charge in [0.1, 0.15) is 17.7 Å². The van der Waals surface area contributed by atoms with E-state index >= 15 is 0 Å². The molecule has 4 amide bonds. The molecule has 12 heteroatoms. The van der Waals surface area contributed by atoms with Gasteiger partial charge in [0.2, 0.25) is 0 Å². The molecule has 0 bridgehead atoms. The summed E-state index contributed by atoms with van der Waals surface area (Å²) in [6, 6.07) is 24.1. The third-order valence-electron chi connectivity index (χ3n) is 9.57. The molecule has 0 radical (unpaired) electrons. The maximum Gasteiger partial charge on any atom is 0.405 e. The Kier molecular flexibility index (Phi) is 9.32. The summed E-state index contributed by atoms with van der Waals surface area (Å²) in [4.78, 5) is 57.5. The van der Waals surface area contributed by atoms with Crippen LogP contribution in [0.3, 0.4) is 0 Å². The van der Waals surface area contributed by atoms with E-state index in [1.807, 2.05) is 36.2 Å². The summed E-state index contributed by atoms with van der Waals surface area (Å²) in [7, 11) is 0. The minimum absolute atomic E-state index is 0.0480. The quantitative estimate of drug-likeness (QED) is 0.118. The maximum atomic E-state index is 13.7. The number of amides is 4. The van der Waals surface area contributed by atoms with Crippen LogP contribution in [0.4, 0.5) is 9.59 Å². The SMILES string of the molecule is CCNC(=O)N1CCC[C@H]1c1ncc(-c2ccc(-c3ccc(-c4cnc([C@@H]5CCCN5C(=O)[C@H](NC(=O)O)c5ccccc5)[nH]4)cc3)cc2)[nH]1. The highest BCUT2D eigenvalue weighted by Crippen LogP contribution is 2.35. The number of carbonyl (C=O) groups is 3. The summed E-state index contributed by atoms with van der Waals surface area (Å²) < 4.78 is 0. The van der Waals surface area contributed by atoms with Crippen LogP contribution in [-0.2, 0) is 4.79 Å². The van der Waals surface area contributed by atoms with Gasteiger partial charge >= 0.3 is 12.1 Å². The van der Waals surface area contributed by atoms with Crippen LogP contribution in [0, 0.1) is 0 Å². The number of benzene rings is 3. The number of carbonyl (C=O) groups excluding carboxylic acids is 2. The number of hydrogen-bond acceptors (Lipinski definition) is 5. The summed E-state index contributed by atoms with van der Waals surface area (Å²) in [5, 5.41) is 14.8. The van der Waals surface area contributed by atoms with Crippen molar-refractivity contribution in [1.29, 1.82) is 0 Å². The van der Waals surface area contributed by atoms with E-state index in [-0.39, 0.29) is 24.0 Å². The van der Waals surface area contributed by atoms with E-state index in [1.54, 1.807) is 35.4 Å². The molecule has 5 N–H and O–H groups in total. The number of likely N-dealkylation sites (tertiary alicyclic amines) is 2. The first-order valence-corrected chi connectivity index (χ1v) is 17.1. The van der Waals surface area contributed by atoms with Crippen LogP contribution in [0.25, 0.3) is 33.6 Å². The molecule has 0 unspecified atom stereocenters. The van der Waals surface area contributed by atoms with E-state index in [4.69, 9.17) is 0 Å². The molecular formula is C38H40N8O4. The fourth-order valence-corrected chi connectivity index (χ4v) is 7.07. The Morgan fingerprint density at radius 2 is 1.26 bits per heavy atom. The fraction of sp³-hybridized carbons (Fsp3) is 0.289. The Morgan fingerprint density at radius 1 is 0.760 bits per heavy atom. The Balaban J connectivity index is 1.02. The highest BCUT2D eigenvalue weighted by Gasteiger charge is 2.37. The molecule has 50 heavy (non-hydrogen) atoms. The largest absolute Gasteiger partial charge is 0.465 e. The van der Waals surface area contributed by atoms with Crippen molar-refractivity contribution in [1.82, 2.24) is 40.4 Å². The lowest BCUT2D eigenvalue weighted by Gasteiger charge is -2.28. The van der Waals surface area contributed by atoms with Gasteiger partial charge in [-0.15, -0.1) is 0 Å². The first kappa shape index (κ1) is 32.6. The Hall–Kier alpha value is -5.91. The van der Waals surface area contributed by atoms with Gasteiger partial charge in [0, 0.05) is 19.6 Å². The molecule has 2 aliphatic rings. The predicted octanol–water partition coefficient (Wildman–Crippen LogP) is 6.67. The number of rotatable bonds is 9. The number of imidazole rings is 2. The van der Waals surface area contributed by atoms with Crippen molar-refractivity contribution in [2.75, 3.05) is 19.6 Å². The van der Waals surface area contributed by atoms with Crippen LogP contribution >= 0.6 is 0 Å². The molecule has 3 atom stereocenters. The molecule has 256 valence electrons. The average molecular weight is 673 g/mol. The number of aromatic nitrogens is 4. The summed E-state index contributed by atoms with van der Waals surface area (Å²) in [6.07, 6.45) is 5.74. The van der Waals surface area contributed by atoms with Crippen molar-refractivity contribution in [3.8, 4) is 33.6 Å². The molecule has 2 saturated heterocycles. The van der Waals surface area contributed by atoms with E-state index in [2.05, 4.69) is 67.0 Å². The second-order valence-corrected chi connectivity index (χ2v) is 12.7. The molecule has 4 heterocycles. The van der Waals surface area contributed by atoms with Crippen molar-refractivity contribution < 1.29 is 19.5 Å². The number of aromatic amines is 2. The minimum Gasteiger partial charge on any atom is -0.465 e.